The van der Waals surface area contributed by atoms with E-state index in [1.807, 2.05) is 0 Å². The molecule has 0 radical (unpaired) electrons. The molecule has 4 nitrogen and oxygen atoms in total. The van der Waals surface area contributed by atoms with Crippen LogP contribution < -0.4 is 5.73 Å². The van der Waals surface area contributed by atoms with Gasteiger partial charge in [-0.1, -0.05) is 13.8 Å². The number of hydrogen-bond acceptors (Lipinski definition) is 3. The van der Waals surface area contributed by atoms with Crippen molar-refractivity contribution in [2.75, 3.05) is 19.8 Å². The van der Waals surface area contributed by atoms with Crippen LogP contribution in [0.1, 0.15) is 20.3 Å². The third-order valence-electron chi connectivity index (χ3n) is 1.31. The molecular weight excluding hydrogens is 158 g/mol. The molecule has 0 atom stereocenters. The lowest BCUT2D eigenvalue weighted by molar-refractivity contribution is 0.0714. The van der Waals surface area contributed by atoms with Gasteiger partial charge in [0.2, 0.25) is 0 Å². The van der Waals surface area contributed by atoms with Crippen molar-refractivity contribution in [2.45, 2.75) is 20.3 Å². The molecule has 0 heterocycles. The Morgan fingerprint density at radius 3 is 2.50 bits per heavy atom. The average Bonchev–Trinajstić information content (AvgIpc) is 1.95. The molecule has 0 aromatic rings. The lowest BCUT2D eigenvalue weighted by Crippen LogP contribution is -2.16. The molecule has 0 bridgehead atoms. The van der Waals surface area contributed by atoms with E-state index in [1.54, 1.807) is 0 Å². The number of ether oxygens (including phenoxy) is 2. The van der Waals surface area contributed by atoms with E-state index in [9.17, 15) is 4.79 Å². The van der Waals surface area contributed by atoms with Crippen molar-refractivity contribution in [1.29, 1.82) is 0 Å². The van der Waals surface area contributed by atoms with Crippen LogP contribution in [0.25, 0.3) is 0 Å². The monoisotopic (exact) mass is 175 g/mol. The van der Waals surface area contributed by atoms with Gasteiger partial charge in [0.05, 0.1) is 6.61 Å². The van der Waals surface area contributed by atoms with Gasteiger partial charge in [-0.3, -0.25) is 0 Å². The van der Waals surface area contributed by atoms with Gasteiger partial charge in [-0.05, 0) is 12.3 Å². The molecule has 72 valence electrons. The zero-order valence-electron chi connectivity index (χ0n) is 7.71. The summed E-state index contributed by atoms with van der Waals surface area (Å²) in [7, 11) is 0. The average molecular weight is 175 g/mol. The van der Waals surface area contributed by atoms with Gasteiger partial charge in [0.25, 0.3) is 0 Å². The van der Waals surface area contributed by atoms with Crippen LogP contribution in [0.3, 0.4) is 0 Å². The molecule has 4 heteroatoms. The molecule has 0 saturated carbocycles. The Morgan fingerprint density at radius 2 is 2.00 bits per heavy atom. The van der Waals surface area contributed by atoms with Gasteiger partial charge in [0.15, 0.2) is 0 Å². The normalized spacial score (nSPS) is 10.2. The standard InChI is InChI=1S/C8H17NO3/c1-7(2)3-4-11-5-6-12-8(9)10/h7H,3-6H2,1-2H3,(H2,9,10). The number of primary amides is 1. The molecule has 1 amide bonds. The molecule has 0 aromatic carbocycles. The first-order chi connectivity index (χ1) is 5.63. The van der Waals surface area contributed by atoms with Crippen LogP contribution in [0.4, 0.5) is 4.79 Å². The van der Waals surface area contributed by atoms with Gasteiger partial charge in [-0.15, -0.1) is 0 Å². The number of amides is 1. The van der Waals surface area contributed by atoms with E-state index in [4.69, 9.17) is 10.5 Å². The van der Waals surface area contributed by atoms with E-state index in [0.717, 1.165) is 6.42 Å². The van der Waals surface area contributed by atoms with E-state index in [1.165, 1.54) is 0 Å². The quantitative estimate of drug-likeness (QED) is 0.616. The SMILES string of the molecule is CC(C)CCOCCOC(N)=O. The molecule has 0 fully saturated rings. The lowest BCUT2D eigenvalue weighted by atomic mass is 10.1. The predicted molar refractivity (Wildman–Crippen MR) is 45.8 cm³/mol. The fraction of sp³-hybridized carbons (Fsp3) is 0.875. The zero-order chi connectivity index (χ0) is 9.40. The van der Waals surface area contributed by atoms with E-state index in [0.29, 0.717) is 19.1 Å². The van der Waals surface area contributed by atoms with Crippen LogP contribution >= 0.6 is 0 Å². The minimum Gasteiger partial charge on any atom is -0.447 e. The molecule has 2 N–H and O–H groups in total. The second-order valence-electron chi connectivity index (χ2n) is 2.96. The number of hydrogen-bond donors (Lipinski definition) is 1. The second kappa shape index (κ2) is 6.91. The largest absolute Gasteiger partial charge is 0.447 e. The molecule has 0 saturated heterocycles. The van der Waals surface area contributed by atoms with Gasteiger partial charge in [-0.2, -0.15) is 0 Å². The van der Waals surface area contributed by atoms with E-state index in [2.05, 4.69) is 18.6 Å². The number of carbonyl (C=O) groups excluding carboxylic acids is 1. The Morgan fingerprint density at radius 1 is 1.33 bits per heavy atom. The summed E-state index contributed by atoms with van der Waals surface area (Å²) >= 11 is 0. The third kappa shape index (κ3) is 9.23. The van der Waals surface area contributed by atoms with Crippen molar-refractivity contribution in [2.24, 2.45) is 11.7 Å². The first-order valence-electron chi connectivity index (χ1n) is 4.13. The minimum absolute atomic E-state index is 0.243. The zero-order valence-corrected chi connectivity index (χ0v) is 7.71. The van der Waals surface area contributed by atoms with Crippen LogP contribution in [0.2, 0.25) is 0 Å². The van der Waals surface area contributed by atoms with Crippen LogP contribution in [0, 0.1) is 5.92 Å². The summed E-state index contributed by atoms with van der Waals surface area (Å²) in [6.07, 6.45) is 0.277. The minimum atomic E-state index is -0.748. The van der Waals surface area contributed by atoms with Gasteiger partial charge in [0.1, 0.15) is 6.61 Å². The maximum Gasteiger partial charge on any atom is 0.404 e. The van der Waals surface area contributed by atoms with E-state index < -0.39 is 6.09 Å². The molecular formula is C8H17NO3. The molecule has 0 unspecified atom stereocenters. The lowest BCUT2D eigenvalue weighted by Gasteiger charge is -2.05. The molecule has 0 spiro atoms. The number of rotatable bonds is 6. The molecule has 12 heavy (non-hydrogen) atoms. The maximum atomic E-state index is 10.1. The summed E-state index contributed by atoms with van der Waals surface area (Å²) in [5.41, 5.74) is 4.74. The maximum absolute atomic E-state index is 10.1. The van der Waals surface area contributed by atoms with E-state index in [-0.39, 0.29) is 6.61 Å². The first-order valence-corrected chi connectivity index (χ1v) is 4.13. The van der Waals surface area contributed by atoms with E-state index >= 15 is 0 Å². The topological polar surface area (TPSA) is 61.6 Å². The van der Waals surface area contributed by atoms with Crippen molar-refractivity contribution < 1.29 is 14.3 Å². The fourth-order valence-corrected chi connectivity index (χ4v) is 0.622. The molecule has 0 aromatic heterocycles. The number of nitrogens with two attached hydrogens (primary N) is 1. The first kappa shape index (κ1) is 11.2. The molecule has 0 rings (SSSR count). The predicted octanol–water partition coefficient (Wildman–Crippen LogP) is 1.14. The highest BCUT2D eigenvalue weighted by Gasteiger charge is 1.95. The number of carbonyl (C=O) groups is 1. The van der Waals surface area contributed by atoms with Gasteiger partial charge < -0.3 is 15.2 Å². The summed E-state index contributed by atoms with van der Waals surface area (Å²) in [6.45, 7) is 5.63. The molecule has 0 aliphatic heterocycles. The van der Waals surface area contributed by atoms with Gasteiger partial charge in [-0.25, -0.2) is 4.79 Å². The molecule has 0 aliphatic carbocycles. The Bertz CT molecular complexity index is 125. The Hall–Kier alpha value is -0.770. The summed E-state index contributed by atoms with van der Waals surface area (Å²) in [5, 5.41) is 0. The van der Waals surface area contributed by atoms with Crippen molar-refractivity contribution in [3.63, 3.8) is 0 Å². The van der Waals surface area contributed by atoms with Crippen molar-refractivity contribution in [1.82, 2.24) is 0 Å². The van der Waals surface area contributed by atoms with Crippen LogP contribution in [-0.4, -0.2) is 25.9 Å². The highest BCUT2D eigenvalue weighted by molar-refractivity contribution is 5.64. The Kier molecular flexibility index (Phi) is 6.47. The van der Waals surface area contributed by atoms with Gasteiger partial charge >= 0.3 is 6.09 Å². The molecule has 0 aliphatic rings. The summed E-state index contributed by atoms with van der Waals surface area (Å²) in [5.74, 6) is 0.641. The van der Waals surface area contributed by atoms with Crippen LogP contribution in [-0.2, 0) is 9.47 Å². The highest BCUT2D eigenvalue weighted by atomic mass is 16.6. The highest BCUT2D eigenvalue weighted by Crippen LogP contribution is 1.98. The summed E-state index contributed by atoms with van der Waals surface area (Å²) in [6, 6.07) is 0. The smallest absolute Gasteiger partial charge is 0.404 e. The Balaban J connectivity index is 2.96. The van der Waals surface area contributed by atoms with Gasteiger partial charge in [0, 0.05) is 6.61 Å². The summed E-state index contributed by atoms with van der Waals surface area (Å²) < 4.78 is 9.62. The van der Waals surface area contributed by atoms with Crippen molar-refractivity contribution in [3.05, 3.63) is 0 Å². The van der Waals surface area contributed by atoms with Crippen LogP contribution in [0.5, 0.6) is 0 Å². The van der Waals surface area contributed by atoms with Crippen molar-refractivity contribution >= 4 is 6.09 Å². The van der Waals surface area contributed by atoms with Crippen molar-refractivity contribution in [3.8, 4) is 0 Å². The Labute approximate surface area is 73.0 Å². The summed E-state index contributed by atoms with van der Waals surface area (Å²) in [4.78, 5) is 10.1. The van der Waals surface area contributed by atoms with Crippen LogP contribution in [0.15, 0.2) is 0 Å². The fourth-order valence-electron chi connectivity index (χ4n) is 0.622. The third-order valence-corrected chi connectivity index (χ3v) is 1.31. The second-order valence-corrected chi connectivity index (χ2v) is 2.96.